The number of rotatable bonds is 5. The standard InChI is InChI=1S/C21H29N3O7/c1-20(2,3)29-19(27)30-24-9-7-21(8-10-24)12-15(23-31-21)18(26)22-13-14-5-6-16(25)17(11-14)28-4/h5-6,11,25H,7-10,12-13H2,1-4H3,(H,22,26). The van der Waals surface area contributed by atoms with E-state index in [1.807, 2.05) is 0 Å². The quantitative estimate of drug-likeness (QED) is 0.677. The van der Waals surface area contributed by atoms with Crippen LogP contribution in [0.2, 0.25) is 0 Å². The fraction of sp³-hybridized carbons (Fsp3) is 0.571. The Morgan fingerprint density at radius 3 is 2.65 bits per heavy atom. The lowest BCUT2D eigenvalue weighted by Gasteiger charge is -2.35. The molecule has 1 saturated heterocycles. The van der Waals surface area contributed by atoms with E-state index in [0.717, 1.165) is 5.56 Å². The van der Waals surface area contributed by atoms with Crippen LogP contribution in [0.5, 0.6) is 11.5 Å². The molecule has 1 amide bonds. The first-order valence-corrected chi connectivity index (χ1v) is 10.1. The number of amides is 1. The predicted octanol–water partition coefficient (Wildman–Crippen LogP) is 2.49. The first-order valence-electron chi connectivity index (χ1n) is 10.1. The molecule has 2 N–H and O–H groups in total. The number of aromatic hydroxyl groups is 1. The van der Waals surface area contributed by atoms with E-state index in [1.54, 1.807) is 38.0 Å². The Morgan fingerprint density at radius 2 is 2.00 bits per heavy atom. The predicted molar refractivity (Wildman–Crippen MR) is 110 cm³/mol. The van der Waals surface area contributed by atoms with Crippen LogP contribution in [-0.4, -0.2) is 59.3 Å². The van der Waals surface area contributed by atoms with Crippen molar-refractivity contribution in [3.63, 3.8) is 0 Å². The number of nitrogens with one attached hydrogen (secondary N) is 1. The van der Waals surface area contributed by atoms with E-state index in [0.29, 0.717) is 43.8 Å². The molecular formula is C21H29N3O7. The fourth-order valence-corrected chi connectivity index (χ4v) is 3.39. The van der Waals surface area contributed by atoms with Crippen molar-refractivity contribution in [3.05, 3.63) is 23.8 Å². The SMILES string of the molecule is COc1cc(CNC(=O)C2=NOC3(CCN(OC(=O)OC(C)(C)C)CC3)C2)ccc1O. The van der Waals surface area contributed by atoms with E-state index >= 15 is 0 Å². The molecule has 10 heteroatoms. The third-order valence-electron chi connectivity index (χ3n) is 5.03. The van der Waals surface area contributed by atoms with Gasteiger partial charge in [-0.3, -0.25) is 4.79 Å². The van der Waals surface area contributed by atoms with Gasteiger partial charge in [-0.2, -0.15) is 0 Å². The van der Waals surface area contributed by atoms with Crippen LogP contribution in [0.1, 0.15) is 45.6 Å². The molecule has 170 valence electrons. The molecule has 0 aromatic heterocycles. The molecule has 0 saturated carbocycles. The van der Waals surface area contributed by atoms with Crippen LogP contribution in [0, 0.1) is 0 Å². The summed E-state index contributed by atoms with van der Waals surface area (Å²) in [4.78, 5) is 35.2. The molecule has 10 nitrogen and oxygen atoms in total. The minimum Gasteiger partial charge on any atom is -0.504 e. The highest BCUT2D eigenvalue weighted by molar-refractivity contribution is 6.39. The van der Waals surface area contributed by atoms with Gasteiger partial charge in [-0.05, 0) is 38.5 Å². The molecule has 31 heavy (non-hydrogen) atoms. The number of hydrogen-bond donors (Lipinski definition) is 2. The Morgan fingerprint density at radius 1 is 1.29 bits per heavy atom. The highest BCUT2D eigenvalue weighted by atomic mass is 16.8. The van der Waals surface area contributed by atoms with Gasteiger partial charge in [0.15, 0.2) is 11.5 Å². The third kappa shape index (κ3) is 6.00. The number of ether oxygens (including phenoxy) is 2. The minimum absolute atomic E-state index is 0.0371. The molecule has 0 unspecified atom stereocenters. The molecule has 0 bridgehead atoms. The van der Waals surface area contributed by atoms with Crippen molar-refractivity contribution in [2.45, 2.75) is 57.8 Å². The number of oxime groups is 1. The van der Waals surface area contributed by atoms with Gasteiger partial charge in [0.1, 0.15) is 16.9 Å². The molecule has 1 fully saturated rings. The summed E-state index contributed by atoms with van der Waals surface area (Å²) in [6.45, 7) is 6.49. The topological polar surface area (TPSA) is 119 Å². The highest BCUT2D eigenvalue weighted by Crippen LogP contribution is 2.35. The van der Waals surface area contributed by atoms with Crippen molar-refractivity contribution in [2.24, 2.45) is 5.16 Å². The maximum Gasteiger partial charge on any atom is 0.528 e. The highest BCUT2D eigenvalue weighted by Gasteiger charge is 2.44. The Bertz CT molecular complexity index is 855. The van der Waals surface area contributed by atoms with E-state index in [1.165, 1.54) is 13.2 Å². The molecule has 1 aromatic carbocycles. The second-order valence-electron chi connectivity index (χ2n) is 8.66. The van der Waals surface area contributed by atoms with Crippen molar-refractivity contribution in [3.8, 4) is 11.5 Å². The number of carbonyl (C=O) groups excluding carboxylic acids is 2. The summed E-state index contributed by atoms with van der Waals surface area (Å²) >= 11 is 0. The molecule has 2 heterocycles. The number of methoxy groups -OCH3 is 1. The van der Waals surface area contributed by atoms with Crippen LogP contribution in [0.15, 0.2) is 23.4 Å². The van der Waals surface area contributed by atoms with Gasteiger partial charge in [0.2, 0.25) is 0 Å². The molecule has 0 atom stereocenters. The summed E-state index contributed by atoms with van der Waals surface area (Å²) in [6.07, 6.45) is 0.770. The van der Waals surface area contributed by atoms with E-state index in [9.17, 15) is 14.7 Å². The monoisotopic (exact) mass is 435 g/mol. The number of benzene rings is 1. The maximum absolute atomic E-state index is 12.5. The maximum atomic E-state index is 12.5. The number of nitrogens with zero attached hydrogens (tertiary/aromatic N) is 2. The fourth-order valence-electron chi connectivity index (χ4n) is 3.39. The third-order valence-corrected chi connectivity index (χ3v) is 5.03. The van der Waals surface area contributed by atoms with Crippen LogP contribution >= 0.6 is 0 Å². The summed E-state index contributed by atoms with van der Waals surface area (Å²) < 4.78 is 10.2. The zero-order valence-corrected chi connectivity index (χ0v) is 18.3. The van der Waals surface area contributed by atoms with Crippen molar-refractivity contribution in [1.82, 2.24) is 10.4 Å². The van der Waals surface area contributed by atoms with Crippen LogP contribution in [0.25, 0.3) is 0 Å². The van der Waals surface area contributed by atoms with Gasteiger partial charge in [0.05, 0.1) is 7.11 Å². The van der Waals surface area contributed by atoms with Crippen LogP contribution in [0.3, 0.4) is 0 Å². The lowest BCUT2D eigenvalue weighted by Crippen LogP contribution is -2.46. The summed E-state index contributed by atoms with van der Waals surface area (Å²) in [6, 6.07) is 4.87. The molecule has 2 aliphatic heterocycles. The number of phenolic OH excluding ortho intramolecular Hbond substituents is 1. The van der Waals surface area contributed by atoms with Crippen molar-refractivity contribution in [1.29, 1.82) is 0 Å². The Hall–Kier alpha value is -3.01. The molecule has 2 aliphatic rings. The van der Waals surface area contributed by atoms with Crippen LogP contribution in [-0.2, 0) is 25.8 Å². The van der Waals surface area contributed by atoms with Gasteiger partial charge >= 0.3 is 6.16 Å². The van der Waals surface area contributed by atoms with Gasteiger partial charge in [-0.1, -0.05) is 11.2 Å². The van der Waals surface area contributed by atoms with Gasteiger partial charge in [0, 0.05) is 38.9 Å². The lowest BCUT2D eigenvalue weighted by atomic mass is 9.87. The average molecular weight is 435 g/mol. The number of piperidine rings is 1. The molecule has 1 aromatic rings. The molecule has 0 radical (unpaired) electrons. The second-order valence-corrected chi connectivity index (χ2v) is 8.66. The van der Waals surface area contributed by atoms with Crippen molar-refractivity contribution < 1.29 is 33.8 Å². The second kappa shape index (κ2) is 9.01. The van der Waals surface area contributed by atoms with Crippen molar-refractivity contribution >= 4 is 17.8 Å². The normalized spacial score (nSPS) is 18.1. The van der Waals surface area contributed by atoms with Crippen LogP contribution < -0.4 is 10.1 Å². The number of hydrogen-bond acceptors (Lipinski definition) is 9. The lowest BCUT2D eigenvalue weighted by molar-refractivity contribution is -0.180. The number of carbonyl (C=O) groups is 2. The van der Waals surface area contributed by atoms with Gasteiger partial charge in [0.25, 0.3) is 5.91 Å². The van der Waals surface area contributed by atoms with Gasteiger partial charge < -0.3 is 29.6 Å². The first-order chi connectivity index (χ1) is 14.6. The Labute approximate surface area is 181 Å². The molecule has 1 spiro atoms. The summed E-state index contributed by atoms with van der Waals surface area (Å²) in [5.41, 5.74) is -0.0798. The largest absolute Gasteiger partial charge is 0.528 e. The Kier molecular flexibility index (Phi) is 6.59. The number of hydroxylamine groups is 2. The van der Waals surface area contributed by atoms with E-state index in [-0.39, 0.29) is 18.2 Å². The molecular weight excluding hydrogens is 406 g/mol. The summed E-state index contributed by atoms with van der Waals surface area (Å²) in [7, 11) is 1.46. The summed E-state index contributed by atoms with van der Waals surface area (Å²) in [5.74, 6) is 0.0685. The van der Waals surface area contributed by atoms with Crippen LogP contribution in [0.4, 0.5) is 4.79 Å². The minimum atomic E-state index is -0.738. The smallest absolute Gasteiger partial charge is 0.504 e. The molecule has 3 rings (SSSR count). The van der Waals surface area contributed by atoms with Gasteiger partial charge in [-0.15, -0.1) is 5.06 Å². The number of phenols is 1. The van der Waals surface area contributed by atoms with E-state index in [4.69, 9.17) is 19.1 Å². The van der Waals surface area contributed by atoms with E-state index < -0.39 is 17.4 Å². The van der Waals surface area contributed by atoms with E-state index in [2.05, 4.69) is 10.5 Å². The molecule has 0 aliphatic carbocycles. The Balaban J connectivity index is 1.45. The average Bonchev–Trinajstić information content (AvgIpc) is 3.11. The van der Waals surface area contributed by atoms with Crippen molar-refractivity contribution in [2.75, 3.05) is 20.2 Å². The summed E-state index contributed by atoms with van der Waals surface area (Å²) in [5, 5.41) is 18.0. The zero-order valence-electron chi connectivity index (χ0n) is 18.3. The van der Waals surface area contributed by atoms with Gasteiger partial charge in [-0.25, -0.2) is 4.79 Å². The first kappa shape index (κ1) is 22.7. The zero-order chi connectivity index (χ0) is 22.6.